The minimum Gasteiger partial charge on any atom is -0.356 e. The summed E-state index contributed by atoms with van der Waals surface area (Å²) in [5.41, 5.74) is 5.76. The Morgan fingerprint density at radius 1 is 1.18 bits per heavy atom. The number of hydrogen-bond donors (Lipinski definition) is 3. The maximum Gasteiger partial charge on any atom is 0.192 e. The van der Waals surface area contributed by atoms with Gasteiger partial charge in [-0.2, -0.15) is 0 Å². The van der Waals surface area contributed by atoms with Gasteiger partial charge >= 0.3 is 0 Å². The highest BCUT2D eigenvalue weighted by Crippen LogP contribution is 2.21. The summed E-state index contributed by atoms with van der Waals surface area (Å²) < 4.78 is 2.12. The molecule has 1 heterocycles. The van der Waals surface area contributed by atoms with Crippen molar-refractivity contribution < 1.29 is 0 Å². The lowest BCUT2D eigenvalue weighted by molar-refractivity contribution is 0.618. The van der Waals surface area contributed by atoms with E-state index >= 15 is 0 Å². The van der Waals surface area contributed by atoms with Crippen LogP contribution in [0.25, 0.3) is 0 Å². The second-order valence-electron chi connectivity index (χ2n) is 5.78. The molecule has 2 aromatic rings. The minimum atomic E-state index is 0.345. The third kappa shape index (κ3) is 4.10. The summed E-state index contributed by atoms with van der Waals surface area (Å²) in [6, 6.07) is 4.26. The van der Waals surface area contributed by atoms with E-state index in [0.717, 1.165) is 36.3 Å². The highest BCUT2D eigenvalue weighted by molar-refractivity contribution is 5.92. The first kappa shape index (κ1) is 16.1. The van der Waals surface area contributed by atoms with Gasteiger partial charge in [-0.3, -0.25) is 5.41 Å². The topological polar surface area (TPSA) is 65.7 Å². The standard InChI is InChI=1S/C17H25N5/c1-12-8-13(2)16(14(3)9-12)21-17(18)20-6-5-7-22-11-19-10-15(22)4/h8-11H,5-7H2,1-4H3,(H3,18,20,21). The molecule has 0 aliphatic heterocycles. The molecule has 0 unspecified atom stereocenters. The Morgan fingerprint density at radius 2 is 1.86 bits per heavy atom. The van der Waals surface area contributed by atoms with E-state index in [9.17, 15) is 0 Å². The Morgan fingerprint density at radius 3 is 2.45 bits per heavy atom. The van der Waals surface area contributed by atoms with Gasteiger partial charge in [-0.15, -0.1) is 0 Å². The van der Waals surface area contributed by atoms with Crippen LogP contribution in [0, 0.1) is 33.1 Å². The van der Waals surface area contributed by atoms with Crippen LogP contribution >= 0.6 is 0 Å². The number of hydrogen-bond acceptors (Lipinski definition) is 2. The SMILES string of the molecule is Cc1cc(C)c(NC(=N)NCCCn2cncc2C)c(C)c1. The summed E-state index contributed by atoms with van der Waals surface area (Å²) >= 11 is 0. The van der Waals surface area contributed by atoms with Crippen LogP contribution in [0.15, 0.2) is 24.7 Å². The molecule has 0 saturated carbocycles. The molecule has 0 amide bonds. The van der Waals surface area contributed by atoms with Gasteiger partial charge in [0, 0.05) is 30.7 Å². The fourth-order valence-corrected chi connectivity index (χ4v) is 2.63. The number of nitrogens with one attached hydrogen (secondary N) is 3. The summed E-state index contributed by atoms with van der Waals surface area (Å²) in [4.78, 5) is 4.11. The van der Waals surface area contributed by atoms with Gasteiger partial charge in [0.1, 0.15) is 0 Å². The molecule has 0 spiro atoms. The van der Waals surface area contributed by atoms with Gasteiger partial charge < -0.3 is 15.2 Å². The van der Waals surface area contributed by atoms with E-state index in [1.165, 1.54) is 11.3 Å². The van der Waals surface area contributed by atoms with Gasteiger partial charge in [-0.05, 0) is 45.2 Å². The minimum absolute atomic E-state index is 0.345. The third-order valence-electron chi connectivity index (χ3n) is 3.73. The fourth-order valence-electron chi connectivity index (χ4n) is 2.63. The fraction of sp³-hybridized carbons (Fsp3) is 0.412. The lowest BCUT2D eigenvalue weighted by Gasteiger charge is -2.15. The highest BCUT2D eigenvalue weighted by Gasteiger charge is 2.05. The molecule has 3 N–H and O–H groups in total. The van der Waals surface area contributed by atoms with Gasteiger partial charge in [-0.25, -0.2) is 4.98 Å². The molecule has 0 fully saturated rings. The van der Waals surface area contributed by atoms with Crippen LogP contribution in [0.1, 0.15) is 28.8 Å². The summed E-state index contributed by atoms with van der Waals surface area (Å²) in [7, 11) is 0. The van der Waals surface area contributed by atoms with Crippen LogP contribution < -0.4 is 10.6 Å². The van der Waals surface area contributed by atoms with E-state index in [-0.39, 0.29) is 0 Å². The van der Waals surface area contributed by atoms with E-state index in [4.69, 9.17) is 5.41 Å². The summed E-state index contributed by atoms with van der Waals surface area (Å²) in [6.45, 7) is 9.94. The van der Waals surface area contributed by atoms with Crippen molar-refractivity contribution in [3.8, 4) is 0 Å². The number of nitrogens with zero attached hydrogens (tertiary/aromatic N) is 2. The molecule has 22 heavy (non-hydrogen) atoms. The maximum absolute atomic E-state index is 8.03. The number of rotatable bonds is 5. The molecule has 0 bridgehead atoms. The lowest BCUT2D eigenvalue weighted by Crippen LogP contribution is -2.31. The molecular formula is C17H25N5. The molecule has 1 aromatic heterocycles. The van der Waals surface area contributed by atoms with Gasteiger partial charge in [-0.1, -0.05) is 17.7 Å². The van der Waals surface area contributed by atoms with Crippen molar-refractivity contribution in [3.63, 3.8) is 0 Å². The third-order valence-corrected chi connectivity index (χ3v) is 3.73. The summed E-state index contributed by atoms with van der Waals surface area (Å²) in [6.07, 6.45) is 4.66. The molecule has 5 heteroatoms. The van der Waals surface area contributed by atoms with Crippen LogP contribution in [-0.4, -0.2) is 22.1 Å². The first-order valence-corrected chi connectivity index (χ1v) is 7.61. The molecule has 0 atom stereocenters. The number of guanidine groups is 1. The normalized spacial score (nSPS) is 10.5. The predicted octanol–water partition coefficient (Wildman–Crippen LogP) is 3.14. The molecule has 0 aliphatic carbocycles. The average Bonchev–Trinajstić information content (AvgIpc) is 2.84. The smallest absolute Gasteiger partial charge is 0.192 e. The van der Waals surface area contributed by atoms with Crippen molar-refractivity contribution in [2.75, 3.05) is 11.9 Å². The number of anilines is 1. The zero-order valence-electron chi connectivity index (χ0n) is 13.8. The van der Waals surface area contributed by atoms with E-state index < -0.39 is 0 Å². The molecule has 1 aromatic carbocycles. The Labute approximate surface area is 132 Å². The molecule has 0 saturated heterocycles. The number of imidazole rings is 1. The zero-order valence-corrected chi connectivity index (χ0v) is 13.8. The Bertz CT molecular complexity index is 634. The molecule has 0 radical (unpaired) electrons. The largest absolute Gasteiger partial charge is 0.356 e. The Balaban J connectivity index is 1.80. The van der Waals surface area contributed by atoms with Crippen molar-refractivity contribution in [3.05, 3.63) is 47.0 Å². The molecular weight excluding hydrogens is 274 g/mol. The highest BCUT2D eigenvalue weighted by atomic mass is 15.1. The summed E-state index contributed by atoms with van der Waals surface area (Å²) in [5.74, 6) is 0.345. The first-order chi connectivity index (χ1) is 10.5. The van der Waals surface area contributed by atoms with Crippen LogP contribution in [0.2, 0.25) is 0 Å². The number of aromatic nitrogens is 2. The van der Waals surface area contributed by atoms with Crippen LogP contribution in [0.4, 0.5) is 5.69 Å². The molecule has 5 nitrogen and oxygen atoms in total. The molecule has 118 valence electrons. The second-order valence-corrected chi connectivity index (χ2v) is 5.78. The van der Waals surface area contributed by atoms with Gasteiger partial charge in [0.2, 0.25) is 0 Å². The van der Waals surface area contributed by atoms with Crippen molar-refractivity contribution in [2.45, 2.75) is 40.7 Å². The van der Waals surface area contributed by atoms with E-state index in [2.05, 4.69) is 53.1 Å². The maximum atomic E-state index is 8.03. The average molecular weight is 299 g/mol. The van der Waals surface area contributed by atoms with E-state index in [1.807, 2.05) is 19.4 Å². The Hall–Kier alpha value is -2.30. The second kappa shape index (κ2) is 7.11. The summed E-state index contributed by atoms with van der Waals surface area (Å²) in [5, 5.41) is 14.3. The monoisotopic (exact) mass is 299 g/mol. The molecule has 2 rings (SSSR count). The predicted molar refractivity (Wildman–Crippen MR) is 91.6 cm³/mol. The first-order valence-electron chi connectivity index (χ1n) is 7.61. The molecule has 0 aliphatic rings. The van der Waals surface area contributed by atoms with E-state index in [1.54, 1.807) is 0 Å². The van der Waals surface area contributed by atoms with Gasteiger partial charge in [0.05, 0.1) is 6.33 Å². The van der Waals surface area contributed by atoms with Crippen LogP contribution in [0.5, 0.6) is 0 Å². The van der Waals surface area contributed by atoms with Crippen molar-refractivity contribution in [1.82, 2.24) is 14.9 Å². The Kier molecular flexibility index (Phi) is 5.20. The lowest BCUT2D eigenvalue weighted by atomic mass is 10.1. The van der Waals surface area contributed by atoms with Crippen molar-refractivity contribution >= 4 is 11.6 Å². The van der Waals surface area contributed by atoms with Crippen molar-refractivity contribution in [1.29, 1.82) is 5.41 Å². The van der Waals surface area contributed by atoms with Gasteiger partial charge in [0.15, 0.2) is 5.96 Å². The zero-order chi connectivity index (χ0) is 16.1. The quantitative estimate of drug-likeness (QED) is 0.451. The van der Waals surface area contributed by atoms with Gasteiger partial charge in [0.25, 0.3) is 0 Å². The van der Waals surface area contributed by atoms with Crippen LogP contribution in [-0.2, 0) is 6.54 Å². The van der Waals surface area contributed by atoms with Crippen molar-refractivity contribution in [2.24, 2.45) is 0 Å². The van der Waals surface area contributed by atoms with E-state index in [0.29, 0.717) is 5.96 Å². The number of benzene rings is 1. The van der Waals surface area contributed by atoms with Crippen LogP contribution in [0.3, 0.4) is 0 Å². The number of aryl methyl sites for hydroxylation is 5.